The van der Waals surface area contributed by atoms with Gasteiger partial charge in [0.25, 0.3) is 0 Å². The number of carbonyl (C=O) groups is 1. The number of carbonyl (C=O) groups excluding carboxylic acids is 1. The van der Waals surface area contributed by atoms with E-state index in [0.29, 0.717) is 18.9 Å². The second kappa shape index (κ2) is 6.67. The maximum Gasteiger partial charge on any atom is 0.407 e. The van der Waals surface area contributed by atoms with Crippen molar-refractivity contribution < 1.29 is 14.6 Å². The molecule has 2 N–H and O–H groups in total. The van der Waals surface area contributed by atoms with Gasteiger partial charge in [0.05, 0.1) is 0 Å². The summed E-state index contributed by atoms with van der Waals surface area (Å²) in [6, 6.07) is 0. The zero-order chi connectivity index (χ0) is 11.9. The van der Waals surface area contributed by atoms with E-state index >= 15 is 0 Å². The van der Waals surface area contributed by atoms with Crippen LogP contribution in [0.3, 0.4) is 0 Å². The summed E-state index contributed by atoms with van der Waals surface area (Å²) in [5.74, 6) is 0.322. The monoisotopic (exact) mass is 217 g/mol. The molecule has 0 saturated carbocycles. The van der Waals surface area contributed by atoms with Crippen LogP contribution in [0.2, 0.25) is 0 Å². The SMILES string of the molecule is CCC(CCO)CNC(=O)OC(C)(C)C. The van der Waals surface area contributed by atoms with Crippen LogP contribution in [0, 0.1) is 5.92 Å². The normalized spacial score (nSPS) is 13.4. The molecule has 0 aromatic rings. The molecule has 0 aliphatic rings. The van der Waals surface area contributed by atoms with Crippen LogP contribution in [-0.2, 0) is 4.74 Å². The van der Waals surface area contributed by atoms with E-state index in [0.717, 1.165) is 6.42 Å². The summed E-state index contributed by atoms with van der Waals surface area (Å²) in [4.78, 5) is 11.3. The number of amides is 1. The molecule has 0 aromatic heterocycles. The first-order valence-corrected chi connectivity index (χ1v) is 5.46. The highest BCUT2D eigenvalue weighted by Crippen LogP contribution is 2.08. The van der Waals surface area contributed by atoms with Gasteiger partial charge in [-0.3, -0.25) is 0 Å². The zero-order valence-electron chi connectivity index (χ0n) is 10.2. The van der Waals surface area contributed by atoms with Crippen LogP contribution in [0.5, 0.6) is 0 Å². The molecule has 1 amide bonds. The standard InChI is InChI=1S/C11H23NO3/c1-5-9(6-7-13)8-12-10(14)15-11(2,3)4/h9,13H,5-8H2,1-4H3,(H,12,14). The van der Waals surface area contributed by atoms with Gasteiger partial charge in [0.1, 0.15) is 5.60 Å². The Bertz CT molecular complexity index is 187. The van der Waals surface area contributed by atoms with Crippen LogP contribution in [0.15, 0.2) is 0 Å². The van der Waals surface area contributed by atoms with E-state index in [9.17, 15) is 4.79 Å². The number of aliphatic hydroxyl groups is 1. The van der Waals surface area contributed by atoms with Gasteiger partial charge in [-0.25, -0.2) is 4.79 Å². The average molecular weight is 217 g/mol. The lowest BCUT2D eigenvalue weighted by Gasteiger charge is -2.21. The Morgan fingerprint density at radius 1 is 1.47 bits per heavy atom. The fourth-order valence-electron chi connectivity index (χ4n) is 1.17. The van der Waals surface area contributed by atoms with Crippen molar-refractivity contribution in [1.82, 2.24) is 5.32 Å². The maximum atomic E-state index is 11.3. The van der Waals surface area contributed by atoms with Crippen LogP contribution in [0.1, 0.15) is 40.5 Å². The van der Waals surface area contributed by atoms with E-state index in [2.05, 4.69) is 5.32 Å². The van der Waals surface area contributed by atoms with Gasteiger partial charge in [-0.05, 0) is 33.1 Å². The van der Waals surface area contributed by atoms with Gasteiger partial charge >= 0.3 is 6.09 Å². The first kappa shape index (κ1) is 14.2. The maximum absolute atomic E-state index is 11.3. The van der Waals surface area contributed by atoms with Gasteiger partial charge in [0.2, 0.25) is 0 Å². The highest BCUT2D eigenvalue weighted by atomic mass is 16.6. The first-order valence-electron chi connectivity index (χ1n) is 5.46. The minimum atomic E-state index is -0.456. The number of hydrogen-bond donors (Lipinski definition) is 2. The van der Waals surface area contributed by atoms with Gasteiger partial charge in [0, 0.05) is 13.2 Å². The van der Waals surface area contributed by atoms with E-state index in [1.807, 2.05) is 27.7 Å². The van der Waals surface area contributed by atoms with Gasteiger partial charge in [-0.2, -0.15) is 0 Å². The molecule has 90 valence electrons. The summed E-state index contributed by atoms with van der Waals surface area (Å²) in [5, 5.41) is 11.5. The molecular weight excluding hydrogens is 194 g/mol. The second-order valence-electron chi connectivity index (χ2n) is 4.67. The summed E-state index contributed by atoms with van der Waals surface area (Å²) in [6.45, 7) is 8.25. The van der Waals surface area contributed by atoms with Crippen molar-refractivity contribution in [1.29, 1.82) is 0 Å². The quantitative estimate of drug-likeness (QED) is 0.739. The number of nitrogens with one attached hydrogen (secondary N) is 1. The van der Waals surface area contributed by atoms with E-state index in [1.165, 1.54) is 0 Å². The number of alkyl carbamates (subject to hydrolysis) is 1. The molecule has 0 aromatic carbocycles. The Balaban J connectivity index is 3.78. The number of hydrogen-bond acceptors (Lipinski definition) is 3. The lowest BCUT2D eigenvalue weighted by atomic mass is 10.0. The molecule has 0 aliphatic carbocycles. The molecule has 0 bridgehead atoms. The number of rotatable bonds is 5. The largest absolute Gasteiger partial charge is 0.444 e. The molecule has 4 heteroatoms. The minimum Gasteiger partial charge on any atom is -0.444 e. The van der Waals surface area contributed by atoms with Crippen LogP contribution in [-0.4, -0.2) is 30.0 Å². The molecule has 1 atom stereocenters. The number of ether oxygens (including phenoxy) is 1. The Kier molecular flexibility index (Phi) is 6.32. The van der Waals surface area contributed by atoms with Crippen LogP contribution in [0.25, 0.3) is 0 Å². The lowest BCUT2D eigenvalue weighted by molar-refractivity contribution is 0.0516. The highest BCUT2D eigenvalue weighted by molar-refractivity contribution is 5.67. The molecule has 0 radical (unpaired) electrons. The molecule has 15 heavy (non-hydrogen) atoms. The predicted molar refractivity (Wildman–Crippen MR) is 59.7 cm³/mol. The van der Waals surface area contributed by atoms with Crippen molar-refractivity contribution in [3.63, 3.8) is 0 Å². The predicted octanol–water partition coefficient (Wildman–Crippen LogP) is 1.92. The third-order valence-corrected chi connectivity index (χ3v) is 2.05. The Labute approximate surface area is 92.0 Å². The molecule has 4 nitrogen and oxygen atoms in total. The van der Waals surface area contributed by atoms with Crippen LogP contribution >= 0.6 is 0 Å². The Hall–Kier alpha value is -0.770. The smallest absolute Gasteiger partial charge is 0.407 e. The molecular formula is C11H23NO3. The lowest BCUT2D eigenvalue weighted by Crippen LogP contribution is -2.35. The van der Waals surface area contributed by atoms with Crippen molar-refractivity contribution in [3.05, 3.63) is 0 Å². The van der Waals surface area contributed by atoms with E-state index in [4.69, 9.17) is 9.84 Å². The van der Waals surface area contributed by atoms with Crippen LogP contribution < -0.4 is 5.32 Å². The minimum absolute atomic E-state index is 0.161. The Morgan fingerprint density at radius 2 is 2.07 bits per heavy atom. The first-order chi connectivity index (χ1) is 6.89. The summed E-state index contributed by atoms with van der Waals surface area (Å²) >= 11 is 0. The number of aliphatic hydroxyl groups excluding tert-OH is 1. The average Bonchev–Trinajstić information content (AvgIpc) is 2.09. The van der Waals surface area contributed by atoms with Crippen molar-refractivity contribution in [2.75, 3.05) is 13.2 Å². The molecule has 0 spiro atoms. The van der Waals surface area contributed by atoms with Crippen molar-refractivity contribution in [3.8, 4) is 0 Å². The zero-order valence-corrected chi connectivity index (χ0v) is 10.2. The molecule has 0 heterocycles. The van der Waals surface area contributed by atoms with Crippen molar-refractivity contribution in [2.45, 2.75) is 46.1 Å². The topological polar surface area (TPSA) is 58.6 Å². The van der Waals surface area contributed by atoms with Crippen molar-refractivity contribution >= 4 is 6.09 Å². The molecule has 1 unspecified atom stereocenters. The van der Waals surface area contributed by atoms with Crippen LogP contribution in [0.4, 0.5) is 4.79 Å². The molecule has 0 rings (SSSR count). The molecule has 0 aliphatic heterocycles. The Morgan fingerprint density at radius 3 is 2.47 bits per heavy atom. The third-order valence-electron chi connectivity index (χ3n) is 2.05. The second-order valence-corrected chi connectivity index (χ2v) is 4.67. The van der Waals surface area contributed by atoms with E-state index in [-0.39, 0.29) is 12.7 Å². The van der Waals surface area contributed by atoms with Gasteiger partial charge in [0.15, 0.2) is 0 Å². The van der Waals surface area contributed by atoms with E-state index in [1.54, 1.807) is 0 Å². The highest BCUT2D eigenvalue weighted by Gasteiger charge is 2.16. The summed E-state index contributed by atoms with van der Waals surface area (Å²) in [6.07, 6.45) is 1.27. The summed E-state index contributed by atoms with van der Waals surface area (Å²) in [5.41, 5.74) is -0.456. The fraction of sp³-hybridized carbons (Fsp3) is 0.909. The van der Waals surface area contributed by atoms with Gasteiger partial charge in [-0.15, -0.1) is 0 Å². The third kappa shape index (κ3) is 8.24. The van der Waals surface area contributed by atoms with Gasteiger partial charge < -0.3 is 15.2 Å². The molecule has 0 fully saturated rings. The van der Waals surface area contributed by atoms with Crippen molar-refractivity contribution in [2.24, 2.45) is 5.92 Å². The fourth-order valence-corrected chi connectivity index (χ4v) is 1.17. The summed E-state index contributed by atoms with van der Waals surface area (Å²) < 4.78 is 5.10. The molecule has 0 saturated heterocycles. The van der Waals surface area contributed by atoms with E-state index < -0.39 is 5.60 Å². The summed E-state index contributed by atoms with van der Waals surface area (Å²) in [7, 11) is 0. The van der Waals surface area contributed by atoms with Gasteiger partial charge in [-0.1, -0.05) is 13.3 Å².